The summed E-state index contributed by atoms with van der Waals surface area (Å²) < 4.78 is 0. The highest BCUT2D eigenvalue weighted by atomic mass is 16.4. The summed E-state index contributed by atoms with van der Waals surface area (Å²) in [7, 11) is 0. The lowest BCUT2D eigenvalue weighted by Crippen LogP contribution is -2.36. The largest absolute Gasteiger partial charge is 0.547 e. The maximum Gasteiger partial charge on any atom is 0.115 e. The highest BCUT2D eigenvalue weighted by molar-refractivity contribution is 5.70. The van der Waals surface area contributed by atoms with Crippen LogP contribution in [0.5, 0.6) is 5.75 Å². The molecule has 1 atom stereocenters. The Balaban J connectivity index is 2.64. The van der Waals surface area contributed by atoms with E-state index in [-0.39, 0.29) is 12.2 Å². The van der Waals surface area contributed by atoms with Crippen molar-refractivity contribution >= 4 is 5.97 Å². The molecule has 70 valence electrons. The number of carboxylic acids is 1. The molecule has 0 fully saturated rings. The van der Waals surface area contributed by atoms with Crippen molar-refractivity contribution in [1.82, 2.24) is 0 Å². The van der Waals surface area contributed by atoms with Gasteiger partial charge < -0.3 is 20.1 Å². The molecule has 4 heteroatoms. The molecule has 1 unspecified atom stereocenters. The maximum atomic E-state index is 10.2. The lowest BCUT2D eigenvalue weighted by molar-refractivity contribution is -0.314. The van der Waals surface area contributed by atoms with E-state index in [2.05, 4.69) is 0 Å². The molecule has 0 aliphatic carbocycles. The minimum Gasteiger partial charge on any atom is -0.547 e. The highest BCUT2D eigenvalue weighted by Crippen LogP contribution is 2.10. The van der Waals surface area contributed by atoms with Gasteiger partial charge in [0.1, 0.15) is 5.75 Å². The van der Waals surface area contributed by atoms with E-state index in [0.717, 1.165) is 0 Å². The maximum absolute atomic E-state index is 10.2. The zero-order chi connectivity index (χ0) is 9.84. The molecule has 0 spiro atoms. The zero-order valence-electron chi connectivity index (χ0n) is 6.80. The molecule has 1 aromatic carbocycles. The van der Waals surface area contributed by atoms with Gasteiger partial charge in [0.2, 0.25) is 0 Å². The summed E-state index contributed by atoms with van der Waals surface area (Å²) in [6, 6.07) is 5.94. The average Bonchev–Trinajstić information content (AvgIpc) is 2.08. The lowest BCUT2D eigenvalue weighted by Gasteiger charge is -2.10. The molecule has 0 aromatic heterocycles. The molecule has 0 heterocycles. The molecule has 4 nitrogen and oxygen atoms in total. The average molecular weight is 181 g/mol. The molecular weight excluding hydrogens is 172 g/mol. The number of benzene rings is 1. The van der Waals surface area contributed by atoms with E-state index in [1.807, 2.05) is 0 Å². The number of hydrogen-bond acceptors (Lipinski definition) is 4. The van der Waals surface area contributed by atoms with Gasteiger partial charge in [-0.05, 0) is 17.7 Å². The second kappa shape index (κ2) is 3.91. The third kappa shape index (κ3) is 2.76. The monoisotopic (exact) mass is 181 g/mol. The number of carboxylic acid groups (broad SMARTS) is 1. The number of rotatable bonds is 3. The van der Waals surface area contributed by atoms with E-state index in [9.17, 15) is 9.90 Å². The zero-order valence-corrected chi connectivity index (χ0v) is 6.80. The molecule has 0 bridgehead atoms. The smallest absolute Gasteiger partial charge is 0.115 e. The van der Waals surface area contributed by atoms with Crippen molar-refractivity contribution in [3.8, 4) is 5.75 Å². The number of hydrogen-bond donors (Lipinski definition) is 2. The van der Waals surface area contributed by atoms with Crippen molar-refractivity contribution in [3.63, 3.8) is 0 Å². The minimum atomic E-state index is -1.50. The number of phenols is 1. The standard InChI is InChI=1S/C9H10O4/c10-7-3-1-6(2-4-7)5-8(11)9(12)13/h1-4,8,10-11H,5H2,(H,12,13)/p-1. The van der Waals surface area contributed by atoms with Gasteiger partial charge in [-0.1, -0.05) is 12.1 Å². The Kier molecular flexibility index (Phi) is 2.87. The van der Waals surface area contributed by atoms with Crippen LogP contribution in [0.25, 0.3) is 0 Å². The van der Waals surface area contributed by atoms with Crippen LogP contribution in [-0.4, -0.2) is 22.3 Å². The molecule has 0 radical (unpaired) electrons. The van der Waals surface area contributed by atoms with E-state index in [1.54, 1.807) is 12.1 Å². The first-order valence-electron chi connectivity index (χ1n) is 3.76. The van der Waals surface area contributed by atoms with Gasteiger partial charge >= 0.3 is 0 Å². The van der Waals surface area contributed by atoms with Crippen LogP contribution in [0.1, 0.15) is 5.56 Å². The number of phenolic OH excluding ortho intramolecular Hbond substituents is 1. The first-order valence-corrected chi connectivity index (χ1v) is 3.76. The molecule has 1 aromatic rings. The predicted molar refractivity (Wildman–Crippen MR) is 42.8 cm³/mol. The summed E-state index contributed by atoms with van der Waals surface area (Å²) >= 11 is 0. The first kappa shape index (κ1) is 9.54. The van der Waals surface area contributed by atoms with Crippen molar-refractivity contribution < 1.29 is 20.1 Å². The summed E-state index contributed by atoms with van der Waals surface area (Å²) in [5.41, 5.74) is 0.634. The van der Waals surface area contributed by atoms with Crippen LogP contribution < -0.4 is 5.11 Å². The summed E-state index contributed by atoms with van der Waals surface area (Å²) in [4.78, 5) is 10.2. The number of aliphatic hydroxyl groups is 1. The van der Waals surface area contributed by atoms with Gasteiger partial charge in [0.25, 0.3) is 0 Å². The van der Waals surface area contributed by atoms with E-state index in [0.29, 0.717) is 5.56 Å². The second-order valence-corrected chi connectivity index (χ2v) is 2.71. The van der Waals surface area contributed by atoms with Crippen LogP contribution in [0.3, 0.4) is 0 Å². The van der Waals surface area contributed by atoms with Gasteiger partial charge in [-0.3, -0.25) is 0 Å². The van der Waals surface area contributed by atoms with Gasteiger partial charge in [-0.25, -0.2) is 0 Å². The highest BCUT2D eigenvalue weighted by Gasteiger charge is 2.05. The number of carbonyl (C=O) groups is 1. The van der Waals surface area contributed by atoms with Crippen molar-refractivity contribution in [2.45, 2.75) is 12.5 Å². The number of aliphatic carboxylic acids is 1. The van der Waals surface area contributed by atoms with Gasteiger partial charge in [0.15, 0.2) is 0 Å². The first-order chi connectivity index (χ1) is 6.09. The fourth-order valence-corrected chi connectivity index (χ4v) is 0.939. The van der Waals surface area contributed by atoms with Crippen molar-refractivity contribution in [1.29, 1.82) is 0 Å². The van der Waals surface area contributed by atoms with Gasteiger partial charge in [0, 0.05) is 6.42 Å². The Bertz CT molecular complexity index is 291. The van der Waals surface area contributed by atoms with Gasteiger partial charge in [-0.2, -0.15) is 0 Å². The summed E-state index contributed by atoms with van der Waals surface area (Å²) in [5, 5.41) is 28.0. The van der Waals surface area contributed by atoms with Crippen molar-refractivity contribution in [3.05, 3.63) is 29.8 Å². The molecule has 0 aliphatic heterocycles. The SMILES string of the molecule is O=C([O-])C(O)Cc1ccc(O)cc1. The molecular formula is C9H9O4-. The van der Waals surface area contributed by atoms with Crippen LogP contribution in [0, 0.1) is 0 Å². The number of aromatic hydroxyl groups is 1. The van der Waals surface area contributed by atoms with Crippen LogP contribution >= 0.6 is 0 Å². The number of aliphatic hydroxyl groups excluding tert-OH is 1. The topological polar surface area (TPSA) is 80.6 Å². The third-order valence-electron chi connectivity index (χ3n) is 1.64. The fraction of sp³-hybridized carbons (Fsp3) is 0.222. The van der Waals surface area contributed by atoms with Crippen LogP contribution in [0.4, 0.5) is 0 Å². The van der Waals surface area contributed by atoms with Gasteiger partial charge in [0.05, 0.1) is 12.1 Å². The predicted octanol–water partition coefficient (Wildman–Crippen LogP) is -0.955. The minimum absolute atomic E-state index is 0.0113. The Morgan fingerprint density at radius 1 is 1.38 bits per heavy atom. The molecule has 2 N–H and O–H groups in total. The van der Waals surface area contributed by atoms with Crippen LogP contribution in [0.2, 0.25) is 0 Å². The normalized spacial score (nSPS) is 12.4. The van der Waals surface area contributed by atoms with E-state index >= 15 is 0 Å². The Morgan fingerprint density at radius 2 is 1.92 bits per heavy atom. The Labute approximate surface area is 75.1 Å². The van der Waals surface area contributed by atoms with Gasteiger partial charge in [-0.15, -0.1) is 0 Å². The molecule has 1 rings (SSSR count). The molecule has 0 aliphatic rings. The summed E-state index contributed by atoms with van der Waals surface area (Å²) in [6.45, 7) is 0. The van der Waals surface area contributed by atoms with E-state index < -0.39 is 12.1 Å². The van der Waals surface area contributed by atoms with Crippen molar-refractivity contribution in [2.24, 2.45) is 0 Å². The van der Waals surface area contributed by atoms with E-state index in [1.165, 1.54) is 12.1 Å². The fourth-order valence-electron chi connectivity index (χ4n) is 0.939. The summed E-state index contributed by atoms with van der Waals surface area (Å²) in [6.07, 6.45) is -1.51. The number of carbonyl (C=O) groups excluding carboxylic acids is 1. The molecule has 0 saturated carbocycles. The summed E-state index contributed by atoms with van der Waals surface area (Å²) in [5.74, 6) is -1.39. The van der Waals surface area contributed by atoms with E-state index in [4.69, 9.17) is 10.2 Å². The quantitative estimate of drug-likeness (QED) is 0.629. The molecule has 0 saturated heterocycles. The molecule has 13 heavy (non-hydrogen) atoms. The third-order valence-corrected chi connectivity index (χ3v) is 1.64. The van der Waals surface area contributed by atoms with Crippen molar-refractivity contribution in [2.75, 3.05) is 0 Å². The lowest BCUT2D eigenvalue weighted by atomic mass is 10.1. The van der Waals surface area contributed by atoms with Crippen LogP contribution in [-0.2, 0) is 11.2 Å². The Hall–Kier alpha value is -1.55. The Morgan fingerprint density at radius 3 is 2.38 bits per heavy atom. The molecule has 0 amide bonds. The second-order valence-electron chi connectivity index (χ2n) is 2.71. The van der Waals surface area contributed by atoms with Crippen LogP contribution in [0.15, 0.2) is 24.3 Å².